The van der Waals surface area contributed by atoms with E-state index < -0.39 is 28.6 Å². The van der Waals surface area contributed by atoms with E-state index in [1.807, 2.05) is 170 Å². The van der Waals surface area contributed by atoms with E-state index >= 15 is 18.3 Å². The van der Waals surface area contributed by atoms with E-state index in [0.717, 1.165) is 43.5 Å². The van der Waals surface area contributed by atoms with Crippen molar-refractivity contribution in [2.24, 2.45) is 0 Å². The molecule has 0 fully saturated rings. The quantitative estimate of drug-likeness (QED) is 0.168. The average Bonchev–Trinajstić information content (AvgIpc) is 3.19. The van der Waals surface area contributed by atoms with Gasteiger partial charge in [-0.3, -0.25) is 0 Å². The summed E-state index contributed by atoms with van der Waals surface area (Å²) in [6, 6.07) is 54.3. The molecule has 0 aromatic heterocycles. The Morgan fingerprint density at radius 2 is 0.423 bits per heavy atom. The molecule has 0 saturated carbocycles. The average molecular weight is 761 g/mol. The van der Waals surface area contributed by atoms with Gasteiger partial charge >= 0.3 is 0 Å². The van der Waals surface area contributed by atoms with Crippen molar-refractivity contribution in [2.45, 2.75) is 24.6 Å². The van der Waals surface area contributed by atoms with Crippen LogP contribution in [0.4, 0.5) is 0 Å². The predicted molar refractivity (Wildman–Crippen MR) is 222 cm³/mol. The molecular weight excluding hydrogens is 716 g/mol. The Balaban J connectivity index is 1.42. The normalized spacial score (nSPS) is 25.7. The molecule has 0 amide bonds. The van der Waals surface area contributed by atoms with Gasteiger partial charge < -0.3 is 18.3 Å². The van der Waals surface area contributed by atoms with Gasteiger partial charge in [0.25, 0.3) is 0 Å². The van der Waals surface area contributed by atoms with Gasteiger partial charge in [-0.15, -0.1) is 0 Å². The van der Waals surface area contributed by atoms with Crippen molar-refractivity contribution in [1.29, 1.82) is 0 Å². The molecule has 0 radical (unpaired) electrons. The van der Waals surface area contributed by atoms with Crippen molar-refractivity contribution < 1.29 is 18.3 Å². The maximum Gasteiger partial charge on any atom is 0.120 e. The fraction of sp³-hybridized carbons (Fsp3) is 0.182. The molecular formula is C44H44O4P4. The molecule has 0 saturated heterocycles. The van der Waals surface area contributed by atoms with Crippen LogP contribution in [0.15, 0.2) is 170 Å². The largest absolute Gasteiger partial charge is 0.318 e. The lowest BCUT2D eigenvalue weighted by Crippen LogP contribution is -2.19. The Kier molecular flexibility index (Phi) is 11.0. The van der Waals surface area contributed by atoms with E-state index in [9.17, 15) is 0 Å². The number of hydrogen-bond acceptors (Lipinski definition) is 4. The van der Waals surface area contributed by atoms with Gasteiger partial charge in [0.2, 0.25) is 0 Å². The molecule has 0 N–H and O–H groups in total. The first-order chi connectivity index (χ1) is 25.2. The second-order valence-corrected chi connectivity index (χ2v) is 26.2. The number of fused-ring (bicyclic) bond motifs is 2. The highest BCUT2D eigenvalue weighted by atomic mass is 31.2. The minimum atomic E-state index is -3.16. The lowest BCUT2D eigenvalue weighted by Gasteiger charge is -2.28. The van der Waals surface area contributed by atoms with Gasteiger partial charge in [0.1, 0.15) is 28.6 Å². The third-order valence-electron chi connectivity index (χ3n) is 10.5. The molecule has 0 bridgehead atoms. The monoisotopic (exact) mass is 760 g/mol. The van der Waals surface area contributed by atoms with Gasteiger partial charge in [-0.2, -0.15) is 0 Å². The van der Waals surface area contributed by atoms with Crippen LogP contribution in [0.1, 0.15) is 22.3 Å². The molecule has 0 aliphatic carbocycles. The fourth-order valence-electron chi connectivity index (χ4n) is 7.48. The summed E-state index contributed by atoms with van der Waals surface area (Å²) in [5.74, 6) is 0. The van der Waals surface area contributed by atoms with Crippen LogP contribution >= 0.6 is 28.6 Å². The van der Waals surface area contributed by atoms with Crippen LogP contribution in [0.25, 0.3) is 0 Å². The molecule has 6 aromatic carbocycles. The summed E-state index contributed by atoms with van der Waals surface area (Å²) in [6.45, 7) is 0. The molecule has 1 aliphatic heterocycles. The molecule has 4 nitrogen and oxygen atoms in total. The third-order valence-corrected chi connectivity index (χ3v) is 23.3. The van der Waals surface area contributed by atoms with Crippen molar-refractivity contribution in [1.82, 2.24) is 0 Å². The van der Waals surface area contributed by atoms with E-state index in [2.05, 4.69) is 0 Å². The van der Waals surface area contributed by atoms with Gasteiger partial charge in [0.15, 0.2) is 0 Å². The van der Waals surface area contributed by atoms with E-state index in [-0.39, 0.29) is 49.3 Å². The van der Waals surface area contributed by atoms with E-state index in [1.54, 1.807) is 0 Å². The molecule has 6 aromatic rings. The van der Waals surface area contributed by atoms with Gasteiger partial charge in [-0.05, 0) is 22.3 Å². The molecule has 7 rings (SSSR count). The summed E-state index contributed by atoms with van der Waals surface area (Å²) in [5.41, 5.74) is 3.57. The Labute approximate surface area is 308 Å². The van der Waals surface area contributed by atoms with Crippen molar-refractivity contribution >= 4 is 49.8 Å². The minimum absolute atomic E-state index is 0.262. The van der Waals surface area contributed by atoms with Gasteiger partial charge in [-0.25, -0.2) is 0 Å². The van der Waals surface area contributed by atoms with Gasteiger partial charge in [-0.1, -0.05) is 170 Å². The van der Waals surface area contributed by atoms with Crippen molar-refractivity contribution in [3.63, 3.8) is 0 Å². The van der Waals surface area contributed by atoms with E-state index in [0.29, 0.717) is 0 Å². The van der Waals surface area contributed by atoms with Crippen LogP contribution in [0.3, 0.4) is 0 Å². The summed E-state index contributed by atoms with van der Waals surface area (Å²) in [4.78, 5) is 0. The minimum Gasteiger partial charge on any atom is -0.318 e. The van der Waals surface area contributed by atoms with Crippen LogP contribution in [0.5, 0.6) is 0 Å². The lowest BCUT2D eigenvalue weighted by molar-refractivity contribution is 0.573. The first-order valence-corrected chi connectivity index (χ1v) is 26.2. The predicted octanol–water partition coefficient (Wildman–Crippen LogP) is 10.2. The molecule has 264 valence electrons. The first kappa shape index (κ1) is 36.6. The van der Waals surface area contributed by atoms with E-state index in [1.165, 1.54) is 0 Å². The molecule has 8 heteroatoms. The summed E-state index contributed by atoms with van der Waals surface area (Å²) in [7, 11) is -12.6. The zero-order valence-corrected chi connectivity index (χ0v) is 32.8. The van der Waals surface area contributed by atoms with Crippen LogP contribution in [0.2, 0.25) is 0 Å². The Morgan fingerprint density at radius 3 is 0.615 bits per heavy atom. The highest BCUT2D eigenvalue weighted by Gasteiger charge is 2.37. The van der Waals surface area contributed by atoms with Gasteiger partial charge in [0.05, 0.1) is 0 Å². The number of benzene rings is 6. The first-order valence-electron chi connectivity index (χ1n) is 17.9. The molecule has 1 aliphatic rings. The molecule has 4 unspecified atom stereocenters. The van der Waals surface area contributed by atoms with Crippen molar-refractivity contribution in [3.8, 4) is 0 Å². The van der Waals surface area contributed by atoms with Crippen LogP contribution in [0, 0.1) is 0 Å². The number of hydrogen-bond donors (Lipinski definition) is 0. The second-order valence-electron chi connectivity index (χ2n) is 14.0. The van der Waals surface area contributed by atoms with Crippen LogP contribution < -0.4 is 21.2 Å². The SMILES string of the molecule is O=P1(c2ccccc2)CCP(=O)(c2ccccc2)Cc2ccccc2CP(=O)(c2ccccc2)CCP(=O)(c2ccccc2)Cc2ccccc2C1. The summed E-state index contributed by atoms with van der Waals surface area (Å²) in [6.07, 6.45) is 2.14. The Morgan fingerprint density at radius 1 is 0.250 bits per heavy atom. The summed E-state index contributed by atoms with van der Waals surface area (Å²) >= 11 is 0. The molecule has 4 atom stereocenters. The number of rotatable bonds is 4. The van der Waals surface area contributed by atoms with Gasteiger partial charge in [0, 0.05) is 70.5 Å². The summed E-state index contributed by atoms with van der Waals surface area (Å²) in [5, 5.41) is 3.06. The molecule has 0 spiro atoms. The zero-order chi connectivity index (χ0) is 36.1. The summed E-state index contributed by atoms with van der Waals surface area (Å²) < 4.78 is 62.1. The maximum absolute atomic E-state index is 15.5. The van der Waals surface area contributed by atoms with E-state index in [4.69, 9.17) is 0 Å². The topological polar surface area (TPSA) is 68.3 Å². The highest BCUT2D eigenvalue weighted by Crippen LogP contribution is 2.59. The zero-order valence-electron chi connectivity index (χ0n) is 29.2. The Bertz CT molecular complexity index is 2000. The van der Waals surface area contributed by atoms with Crippen LogP contribution in [-0.2, 0) is 42.9 Å². The Hall–Kier alpha value is -3.76. The lowest BCUT2D eigenvalue weighted by atomic mass is 10.1. The third kappa shape index (κ3) is 8.08. The molecule has 1 heterocycles. The smallest absolute Gasteiger partial charge is 0.120 e. The highest BCUT2D eigenvalue weighted by molar-refractivity contribution is 7.75. The van der Waals surface area contributed by atoms with Crippen molar-refractivity contribution in [3.05, 3.63) is 192 Å². The molecule has 52 heavy (non-hydrogen) atoms. The maximum atomic E-state index is 15.5. The van der Waals surface area contributed by atoms with Crippen molar-refractivity contribution in [2.75, 3.05) is 24.6 Å². The second kappa shape index (κ2) is 15.7. The fourth-order valence-corrected chi connectivity index (χ4v) is 21.3. The van der Waals surface area contributed by atoms with Crippen LogP contribution in [-0.4, -0.2) is 24.6 Å². The standard InChI is InChI=1S/C44H44O4P4/c45-49(41-21-5-1-6-22-41)29-30-50(46,42-23-7-2-8-24-42)35-39-19-15-16-20-40(39)36-52(48,44-27-11-4-12-28-44)32-31-51(47,43-25-9-3-10-26-43)34-38-18-14-13-17-37(38)33-49/h1-28H,29-36H2.